The van der Waals surface area contributed by atoms with Gasteiger partial charge in [0.25, 0.3) is 5.95 Å². The molecular formula is C4H5FN4O. The second-order valence-corrected chi connectivity index (χ2v) is 1.66. The molecule has 10 heavy (non-hydrogen) atoms. The van der Waals surface area contributed by atoms with E-state index in [1.165, 1.54) is 12.5 Å². The van der Waals surface area contributed by atoms with E-state index in [4.69, 9.17) is 0 Å². The highest BCUT2D eigenvalue weighted by molar-refractivity contribution is 5.17. The zero-order chi connectivity index (χ0) is 7.56. The molecule has 0 amide bonds. The van der Waals surface area contributed by atoms with E-state index in [2.05, 4.69) is 15.0 Å². The van der Waals surface area contributed by atoms with E-state index in [9.17, 15) is 9.28 Å². The first kappa shape index (κ1) is 6.66. The third kappa shape index (κ3) is 1.28. The molecule has 5 nitrogen and oxygen atoms in total. The molecule has 1 heterocycles. The normalized spacial score (nSPS) is 9.40. The minimum absolute atomic E-state index is 0.318. The highest BCUT2D eigenvalue weighted by atomic mass is 19.2. The van der Waals surface area contributed by atoms with Crippen LogP contribution in [0.15, 0.2) is 4.79 Å². The van der Waals surface area contributed by atoms with Crippen LogP contribution >= 0.6 is 0 Å². The SMILES string of the molecule is Cc1nc(NF)nc(=O)[nH]1. The van der Waals surface area contributed by atoms with E-state index in [-0.39, 0.29) is 5.95 Å². The number of H-pyrrole nitrogens is 1. The molecule has 0 unspecified atom stereocenters. The fourth-order valence-corrected chi connectivity index (χ4v) is 0.533. The molecule has 1 aromatic heterocycles. The third-order valence-corrected chi connectivity index (χ3v) is 0.853. The lowest BCUT2D eigenvalue weighted by molar-refractivity contribution is 0.600. The molecule has 0 aliphatic rings. The zero-order valence-electron chi connectivity index (χ0n) is 5.18. The van der Waals surface area contributed by atoms with Crippen LogP contribution in [0, 0.1) is 6.92 Å². The first-order valence-corrected chi connectivity index (χ1v) is 2.54. The Bertz CT molecular complexity index is 283. The van der Waals surface area contributed by atoms with Gasteiger partial charge < -0.3 is 0 Å². The quantitative estimate of drug-likeness (QED) is 0.534. The maximum absolute atomic E-state index is 11.6. The van der Waals surface area contributed by atoms with E-state index < -0.39 is 5.69 Å². The summed E-state index contributed by atoms with van der Waals surface area (Å²) in [5.74, 6) is 0.00130. The maximum Gasteiger partial charge on any atom is 0.349 e. The lowest BCUT2D eigenvalue weighted by Crippen LogP contribution is -2.14. The second-order valence-electron chi connectivity index (χ2n) is 1.66. The predicted molar refractivity (Wildman–Crippen MR) is 32.1 cm³/mol. The Labute approximate surface area is 55.3 Å². The van der Waals surface area contributed by atoms with Crippen molar-refractivity contribution in [1.82, 2.24) is 15.0 Å². The molecule has 2 N–H and O–H groups in total. The van der Waals surface area contributed by atoms with Gasteiger partial charge in [-0.15, -0.1) is 4.48 Å². The molecule has 0 bridgehead atoms. The number of anilines is 1. The van der Waals surface area contributed by atoms with Crippen LogP contribution < -0.4 is 11.2 Å². The van der Waals surface area contributed by atoms with Crippen LogP contribution in [0.3, 0.4) is 0 Å². The minimum atomic E-state index is -0.618. The number of rotatable bonds is 1. The molecule has 0 radical (unpaired) electrons. The molecular weight excluding hydrogens is 139 g/mol. The van der Waals surface area contributed by atoms with Crippen LogP contribution in [-0.2, 0) is 0 Å². The predicted octanol–water partition coefficient (Wildman–Crippen LogP) is -0.230. The maximum atomic E-state index is 11.6. The molecule has 0 saturated heterocycles. The Morgan fingerprint density at radius 2 is 2.30 bits per heavy atom. The topological polar surface area (TPSA) is 70.7 Å². The second kappa shape index (κ2) is 2.42. The largest absolute Gasteiger partial charge is 0.349 e. The van der Waals surface area contributed by atoms with Gasteiger partial charge in [-0.1, -0.05) is 0 Å². The molecule has 6 heteroatoms. The Morgan fingerprint density at radius 1 is 1.60 bits per heavy atom. The first-order chi connectivity index (χ1) is 4.72. The van der Waals surface area contributed by atoms with E-state index in [1.807, 2.05) is 0 Å². The number of aromatic nitrogens is 3. The van der Waals surface area contributed by atoms with Crippen molar-refractivity contribution in [2.45, 2.75) is 6.92 Å². The number of halogens is 1. The van der Waals surface area contributed by atoms with Gasteiger partial charge in [-0.25, -0.2) is 4.79 Å². The molecule has 0 atom stereocenters. The number of hydrogen-bond acceptors (Lipinski definition) is 4. The Balaban J connectivity index is 3.19. The summed E-state index contributed by atoms with van der Waals surface area (Å²) < 4.78 is 11.6. The highest BCUT2D eigenvalue weighted by Gasteiger charge is 1.95. The van der Waals surface area contributed by atoms with Gasteiger partial charge in [0.15, 0.2) is 0 Å². The van der Waals surface area contributed by atoms with Crippen molar-refractivity contribution in [1.29, 1.82) is 0 Å². The molecule has 54 valence electrons. The van der Waals surface area contributed by atoms with Crippen LogP contribution in [-0.4, -0.2) is 15.0 Å². The van der Waals surface area contributed by atoms with Crippen molar-refractivity contribution in [3.63, 3.8) is 0 Å². The van der Waals surface area contributed by atoms with Gasteiger partial charge in [0.05, 0.1) is 0 Å². The van der Waals surface area contributed by atoms with Gasteiger partial charge in [-0.05, 0) is 6.92 Å². The number of hydrogen-bond donors (Lipinski definition) is 2. The van der Waals surface area contributed by atoms with Gasteiger partial charge in [0.1, 0.15) is 5.82 Å². The fraction of sp³-hybridized carbons (Fsp3) is 0.250. The van der Waals surface area contributed by atoms with E-state index >= 15 is 0 Å². The summed E-state index contributed by atoms with van der Waals surface area (Å²) in [4.78, 5) is 19.4. The molecule has 1 aromatic rings. The molecule has 0 aromatic carbocycles. The van der Waals surface area contributed by atoms with Gasteiger partial charge in [0.2, 0.25) is 0 Å². The summed E-state index contributed by atoms with van der Waals surface area (Å²) in [6.07, 6.45) is 0. The Morgan fingerprint density at radius 3 is 2.80 bits per heavy atom. The van der Waals surface area contributed by atoms with Crippen molar-refractivity contribution < 1.29 is 4.48 Å². The summed E-state index contributed by atoms with van der Waals surface area (Å²) in [6.45, 7) is 1.53. The average molecular weight is 144 g/mol. The standard InChI is InChI=1S/C4H5FN4O/c1-2-6-3(9-5)8-4(10)7-2/h1H3,(H2,6,7,8,9,10). The molecule has 1 rings (SSSR count). The molecule has 0 fully saturated rings. The number of aromatic amines is 1. The monoisotopic (exact) mass is 144 g/mol. The van der Waals surface area contributed by atoms with Gasteiger partial charge in [-0.3, -0.25) is 4.98 Å². The number of aryl methyl sites for hydroxylation is 1. The van der Waals surface area contributed by atoms with E-state index in [1.54, 1.807) is 0 Å². The summed E-state index contributed by atoms with van der Waals surface area (Å²) in [5, 5.41) is 0. The fourth-order valence-electron chi connectivity index (χ4n) is 0.533. The van der Waals surface area contributed by atoms with Crippen molar-refractivity contribution in [3.05, 3.63) is 16.3 Å². The smallest absolute Gasteiger partial charge is 0.294 e. The van der Waals surface area contributed by atoms with Crippen molar-refractivity contribution >= 4 is 5.95 Å². The Kier molecular flexibility index (Phi) is 1.61. The summed E-state index contributed by atoms with van der Waals surface area (Å²) >= 11 is 0. The minimum Gasteiger partial charge on any atom is -0.294 e. The molecule has 0 aliphatic carbocycles. The summed E-state index contributed by atoms with van der Waals surface area (Å²) in [5.41, 5.74) is 0.548. The Hall–Kier alpha value is -1.46. The lowest BCUT2D eigenvalue weighted by Gasteiger charge is -1.92. The molecule has 0 spiro atoms. The van der Waals surface area contributed by atoms with Gasteiger partial charge in [-0.2, -0.15) is 15.5 Å². The van der Waals surface area contributed by atoms with Crippen molar-refractivity contribution in [3.8, 4) is 0 Å². The van der Waals surface area contributed by atoms with Crippen molar-refractivity contribution in [2.24, 2.45) is 0 Å². The van der Waals surface area contributed by atoms with Crippen molar-refractivity contribution in [2.75, 3.05) is 5.54 Å². The zero-order valence-corrected chi connectivity index (χ0v) is 5.18. The van der Waals surface area contributed by atoms with Crippen LogP contribution in [0.5, 0.6) is 0 Å². The number of nitrogens with one attached hydrogen (secondary N) is 2. The van der Waals surface area contributed by atoms with Crippen LogP contribution in [0.4, 0.5) is 10.4 Å². The number of nitrogens with zero attached hydrogens (tertiary/aromatic N) is 2. The average Bonchev–Trinajstić information content (AvgIpc) is 1.85. The van der Waals surface area contributed by atoms with Crippen LogP contribution in [0.1, 0.15) is 5.82 Å². The molecule has 0 saturated carbocycles. The summed E-state index contributed by atoms with van der Waals surface area (Å²) in [7, 11) is 0. The van der Waals surface area contributed by atoms with Gasteiger partial charge >= 0.3 is 5.69 Å². The van der Waals surface area contributed by atoms with Gasteiger partial charge in [0, 0.05) is 0 Å². The van der Waals surface area contributed by atoms with E-state index in [0.29, 0.717) is 5.82 Å². The first-order valence-electron chi connectivity index (χ1n) is 2.54. The van der Waals surface area contributed by atoms with Crippen LogP contribution in [0.2, 0.25) is 0 Å². The summed E-state index contributed by atoms with van der Waals surface area (Å²) in [6, 6.07) is 0. The molecule has 0 aliphatic heterocycles. The lowest BCUT2D eigenvalue weighted by atomic mass is 10.7. The highest BCUT2D eigenvalue weighted by Crippen LogP contribution is 1.90. The third-order valence-electron chi connectivity index (χ3n) is 0.853. The van der Waals surface area contributed by atoms with E-state index in [0.717, 1.165) is 0 Å². The van der Waals surface area contributed by atoms with Crippen LogP contribution in [0.25, 0.3) is 0 Å².